The summed E-state index contributed by atoms with van der Waals surface area (Å²) in [5.74, 6) is -0.719. The SMILES string of the molecule is CCCCCCCCCCCCCCCCCCCCCC(=O)OCC(=O)c1ccc([N+](=O)[O-])cc1. The number of rotatable bonds is 24. The van der Waals surface area contributed by atoms with Crippen LogP contribution in [0.15, 0.2) is 24.3 Å². The zero-order valence-electron chi connectivity index (χ0n) is 22.6. The van der Waals surface area contributed by atoms with Gasteiger partial charge in [0, 0.05) is 24.1 Å². The van der Waals surface area contributed by atoms with Gasteiger partial charge < -0.3 is 4.74 Å². The number of unbranched alkanes of at least 4 members (excludes halogenated alkanes) is 18. The maximum Gasteiger partial charge on any atom is 0.306 e. The van der Waals surface area contributed by atoms with Crippen molar-refractivity contribution in [1.82, 2.24) is 0 Å². The second-order valence-corrected chi connectivity index (χ2v) is 10.0. The van der Waals surface area contributed by atoms with Gasteiger partial charge in [0.25, 0.3) is 5.69 Å². The van der Waals surface area contributed by atoms with E-state index in [-0.39, 0.29) is 24.0 Å². The first-order valence-electron chi connectivity index (χ1n) is 14.5. The maximum atomic E-state index is 12.0. The van der Waals surface area contributed by atoms with Crippen LogP contribution in [0.1, 0.15) is 146 Å². The van der Waals surface area contributed by atoms with Gasteiger partial charge in [0.05, 0.1) is 4.92 Å². The number of benzene rings is 1. The Morgan fingerprint density at radius 3 is 1.44 bits per heavy atom. The molecular formula is C30H49NO5. The van der Waals surface area contributed by atoms with Crippen molar-refractivity contribution in [3.63, 3.8) is 0 Å². The molecule has 36 heavy (non-hydrogen) atoms. The highest BCUT2D eigenvalue weighted by Crippen LogP contribution is 2.15. The van der Waals surface area contributed by atoms with Crippen LogP contribution in [-0.2, 0) is 9.53 Å². The first-order chi connectivity index (χ1) is 17.5. The Bertz CT molecular complexity index is 717. The highest BCUT2D eigenvalue weighted by atomic mass is 16.6. The Labute approximate surface area is 218 Å². The number of hydrogen-bond donors (Lipinski definition) is 0. The molecule has 0 aromatic heterocycles. The van der Waals surface area contributed by atoms with E-state index in [1.54, 1.807) is 0 Å². The van der Waals surface area contributed by atoms with E-state index in [4.69, 9.17) is 4.74 Å². The molecule has 6 nitrogen and oxygen atoms in total. The van der Waals surface area contributed by atoms with Crippen molar-refractivity contribution in [3.05, 3.63) is 39.9 Å². The van der Waals surface area contributed by atoms with E-state index in [2.05, 4.69) is 6.92 Å². The van der Waals surface area contributed by atoms with Crippen molar-refractivity contribution < 1.29 is 19.2 Å². The molecule has 0 fully saturated rings. The van der Waals surface area contributed by atoms with Gasteiger partial charge in [-0.05, 0) is 18.6 Å². The normalized spacial score (nSPS) is 10.9. The molecule has 0 saturated heterocycles. The van der Waals surface area contributed by atoms with Crippen molar-refractivity contribution in [2.45, 2.75) is 135 Å². The number of nitro benzene ring substituents is 1. The minimum atomic E-state index is -0.520. The zero-order valence-corrected chi connectivity index (χ0v) is 22.6. The Morgan fingerprint density at radius 2 is 1.06 bits per heavy atom. The molecule has 0 radical (unpaired) electrons. The fraction of sp³-hybridized carbons (Fsp3) is 0.733. The van der Waals surface area contributed by atoms with Crippen LogP contribution in [0.5, 0.6) is 0 Å². The minimum absolute atomic E-state index is 0.0760. The number of nitro groups is 1. The van der Waals surface area contributed by atoms with E-state index in [0.29, 0.717) is 12.0 Å². The van der Waals surface area contributed by atoms with E-state index in [1.807, 2.05) is 0 Å². The van der Waals surface area contributed by atoms with Crippen LogP contribution in [0.4, 0.5) is 5.69 Å². The van der Waals surface area contributed by atoms with Crippen molar-refractivity contribution in [3.8, 4) is 0 Å². The first kappa shape index (κ1) is 31.8. The fourth-order valence-corrected chi connectivity index (χ4v) is 4.42. The summed E-state index contributed by atoms with van der Waals surface area (Å²) in [5, 5.41) is 10.7. The molecule has 0 atom stereocenters. The average Bonchev–Trinajstić information content (AvgIpc) is 2.88. The molecular weight excluding hydrogens is 454 g/mol. The quantitative estimate of drug-likeness (QED) is 0.0461. The molecule has 0 aliphatic heterocycles. The predicted octanol–water partition coefficient (Wildman–Crippen LogP) is 9.14. The maximum absolute atomic E-state index is 12.0. The van der Waals surface area contributed by atoms with Gasteiger partial charge in [0.15, 0.2) is 12.4 Å². The fourth-order valence-electron chi connectivity index (χ4n) is 4.42. The molecule has 0 saturated carbocycles. The van der Waals surface area contributed by atoms with Crippen molar-refractivity contribution >= 4 is 17.4 Å². The van der Waals surface area contributed by atoms with Crippen LogP contribution in [0, 0.1) is 10.1 Å². The molecule has 0 N–H and O–H groups in total. The number of ketones is 1. The molecule has 0 aliphatic carbocycles. The molecule has 0 bridgehead atoms. The summed E-state index contributed by atoms with van der Waals surface area (Å²) in [6.07, 6.45) is 25.2. The van der Waals surface area contributed by atoms with Crippen molar-refractivity contribution in [2.75, 3.05) is 6.61 Å². The second kappa shape index (κ2) is 22.0. The van der Waals surface area contributed by atoms with Gasteiger partial charge in [0.2, 0.25) is 0 Å². The average molecular weight is 504 g/mol. The molecule has 1 aromatic carbocycles. The van der Waals surface area contributed by atoms with Crippen LogP contribution in [-0.4, -0.2) is 23.3 Å². The Kier molecular flexibility index (Phi) is 19.4. The lowest BCUT2D eigenvalue weighted by Crippen LogP contribution is -2.14. The van der Waals surface area contributed by atoms with Gasteiger partial charge in [0.1, 0.15) is 0 Å². The van der Waals surface area contributed by atoms with Crippen molar-refractivity contribution in [2.24, 2.45) is 0 Å². The third-order valence-corrected chi connectivity index (χ3v) is 6.75. The molecule has 1 aromatic rings. The van der Waals surface area contributed by atoms with E-state index < -0.39 is 4.92 Å². The Hall–Kier alpha value is -2.24. The van der Waals surface area contributed by atoms with Crippen LogP contribution in [0.2, 0.25) is 0 Å². The number of carbonyl (C=O) groups excluding carboxylic acids is 2. The van der Waals surface area contributed by atoms with Crippen LogP contribution in [0.3, 0.4) is 0 Å². The summed E-state index contributed by atoms with van der Waals surface area (Å²) in [7, 11) is 0. The summed E-state index contributed by atoms with van der Waals surface area (Å²) in [5.41, 5.74) is 0.227. The highest BCUT2D eigenvalue weighted by molar-refractivity contribution is 5.98. The molecule has 0 unspecified atom stereocenters. The number of esters is 1. The second-order valence-electron chi connectivity index (χ2n) is 10.0. The van der Waals surface area contributed by atoms with Gasteiger partial charge in [-0.1, -0.05) is 122 Å². The molecule has 204 valence electrons. The molecule has 0 heterocycles. The highest BCUT2D eigenvalue weighted by Gasteiger charge is 2.12. The van der Waals surface area contributed by atoms with E-state index >= 15 is 0 Å². The Morgan fingerprint density at radius 1 is 0.667 bits per heavy atom. The number of hydrogen-bond acceptors (Lipinski definition) is 5. The number of nitrogens with zero attached hydrogens (tertiary/aromatic N) is 1. The van der Waals surface area contributed by atoms with Crippen LogP contribution in [0.25, 0.3) is 0 Å². The lowest BCUT2D eigenvalue weighted by molar-refractivity contribution is -0.384. The lowest BCUT2D eigenvalue weighted by atomic mass is 10.0. The minimum Gasteiger partial charge on any atom is -0.457 e. The van der Waals surface area contributed by atoms with E-state index in [9.17, 15) is 19.7 Å². The summed E-state index contributed by atoms with van der Waals surface area (Å²) in [6, 6.07) is 5.31. The smallest absolute Gasteiger partial charge is 0.306 e. The van der Waals surface area contributed by atoms with Gasteiger partial charge in [-0.2, -0.15) is 0 Å². The lowest BCUT2D eigenvalue weighted by Gasteiger charge is -2.05. The standard InChI is InChI=1S/C30H49NO5/c1-2-3-4-5-6-7-8-9-10-11-12-13-14-15-16-17-18-19-20-21-30(33)36-26-29(32)27-22-24-28(25-23-27)31(34)35/h22-25H,2-21,26H2,1H3. The largest absolute Gasteiger partial charge is 0.457 e. The van der Waals surface area contributed by atoms with Crippen LogP contribution >= 0.6 is 0 Å². The zero-order chi connectivity index (χ0) is 26.3. The summed E-state index contributed by atoms with van der Waals surface area (Å²) in [6.45, 7) is 1.95. The molecule has 1 rings (SSSR count). The molecule has 6 heteroatoms. The molecule has 0 amide bonds. The monoisotopic (exact) mass is 503 g/mol. The predicted molar refractivity (Wildman–Crippen MR) is 146 cm³/mol. The van der Waals surface area contributed by atoms with Crippen LogP contribution < -0.4 is 0 Å². The van der Waals surface area contributed by atoms with Gasteiger partial charge >= 0.3 is 5.97 Å². The number of non-ortho nitro benzene ring substituents is 1. The van der Waals surface area contributed by atoms with E-state index in [1.165, 1.54) is 127 Å². The molecule has 0 aliphatic rings. The third kappa shape index (κ3) is 17.2. The van der Waals surface area contributed by atoms with Gasteiger partial charge in [-0.15, -0.1) is 0 Å². The number of carbonyl (C=O) groups is 2. The van der Waals surface area contributed by atoms with Gasteiger partial charge in [-0.25, -0.2) is 0 Å². The van der Waals surface area contributed by atoms with Crippen molar-refractivity contribution in [1.29, 1.82) is 0 Å². The van der Waals surface area contributed by atoms with Gasteiger partial charge in [-0.3, -0.25) is 19.7 Å². The van der Waals surface area contributed by atoms with E-state index in [0.717, 1.165) is 19.3 Å². The summed E-state index contributed by atoms with van der Waals surface area (Å²) >= 11 is 0. The topological polar surface area (TPSA) is 86.5 Å². The first-order valence-corrected chi connectivity index (χ1v) is 14.5. The summed E-state index contributed by atoms with van der Waals surface area (Å²) in [4.78, 5) is 34.0. The molecule has 0 spiro atoms. The Balaban J connectivity index is 1.84. The summed E-state index contributed by atoms with van der Waals surface area (Å²) < 4.78 is 5.05. The number of Topliss-reactive ketones (excluding diaryl/α,β-unsaturated/α-hetero) is 1. The number of ether oxygens (including phenoxy) is 1. The third-order valence-electron chi connectivity index (χ3n) is 6.75.